The fraction of sp³-hybridized carbons (Fsp3) is 0.182. The van der Waals surface area contributed by atoms with E-state index in [2.05, 4.69) is 6.58 Å². The molecule has 1 aromatic rings. The Morgan fingerprint density at radius 1 is 1.50 bits per heavy atom. The molecule has 1 atom stereocenters. The number of non-ortho nitro benzene ring substituents is 1. The first-order chi connectivity index (χ1) is 7.54. The van der Waals surface area contributed by atoms with Gasteiger partial charge in [-0.25, -0.2) is 0 Å². The first-order valence-electron chi connectivity index (χ1n) is 4.58. The molecule has 5 nitrogen and oxygen atoms in total. The molecule has 1 rings (SSSR count). The number of benzene rings is 1. The van der Waals surface area contributed by atoms with Gasteiger partial charge in [0.2, 0.25) is 0 Å². The second kappa shape index (κ2) is 5.06. The Morgan fingerprint density at radius 2 is 2.06 bits per heavy atom. The summed E-state index contributed by atoms with van der Waals surface area (Å²) in [5.41, 5.74) is 0.644. The van der Waals surface area contributed by atoms with Crippen molar-refractivity contribution in [3.63, 3.8) is 0 Å². The van der Waals surface area contributed by atoms with E-state index in [1.165, 1.54) is 37.3 Å². The van der Waals surface area contributed by atoms with E-state index in [0.717, 1.165) is 0 Å². The molecule has 0 radical (unpaired) electrons. The van der Waals surface area contributed by atoms with Crippen molar-refractivity contribution in [3.8, 4) is 0 Å². The van der Waals surface area contributed by atoms with Gasteiger partial charge in [0.05, 0.1) is 4.92 Å². The summed E-state index contributed by atoms with van der Waals surface area (Å²) in [6.45, 7) is 4.83. The topological polar surface area (TPSA) is 69.4 Å². The molecule has 0 N–H and O–H groups in total. The van der Waals surface area contributed by atoms with Crippen LogP contribution in [0.1, 0.15) is 18.6 Å². The van der Waals surface area contributed by atoms with E-state index in [1.54, 1.807) is 0 Å². The molecule has 84 valence electrons. The summed E-state index contributed by atoms with van der Waals surface area (Å²) in [7, 11) is 0. The predicted molar refractivity (Wildman–Crippen MR) is 57.8 cm³/mol. The highest BCUT2D eigenvalue weighted by Gasteiger charge is 2.12. The molecule has 0 amide bonds. The third-order valence-electron chi connectivity index (χ3n) is 1.94. The molecular formula is C11H11NO4. The van der Waals surface area contributed by atoms with Crippen LogP contribution in [0.15, 0.2) is 36.9 Å². The van der Waals surface area contributed by atoms with Gasteiger partial charge >= 0.3 is 5.97 Å². The molecular weight excluding hydrogens is 210 g/mol. The number of ether oxygens (including phenoxy) is 1. The van der Waals surface area contributed by atoms with Crippen LogP contribution in [0.2, 0.25) is 0 Å². The molecule has 0 spiro atoms. The Morgan fingerprint density at radius 3 is 2.44 bits per heavy atom. The van der Waals surface area contributed by atoms with Crippen molar-refractivity contribution in [3.05, 3.63) is 52.6 Å². The van der Waals surface area contributed by atoms with E-state index in [4.69, 9.17) is 4.74 Å². The van der Waals surface area contributed by atoms with Gasteiger partial charge in [0.1, 0.15) is 6.10 Å². The largest absolute Gasteiger partial charge is 0.453 e. The quantitative estimate of drug-likeness (QED) is 0.339. The van der Waals surface area contributed by atoms with Crippen LogP contribution < -0.4 is 0 Å². The fourth-order valence-electron chi connectivity index (χ4n) is 1.22. The number of nitrogens with zero attached hydrogens (tertiary/aromatic N) is 1. The summed E-state index contributed by atoms with van der Waals surface area (Å²) >= 11 is 0. The van der Waals surface area contributed by atoms with Crippen LogP contribution in [-0.2, 0) is 9.53 Å². The monoisotopic (exact) mass is 221 g/mol. The molecule has 0 bridgehead atoms. The van der Waals surface area contributed by atoms with E-state index >= 15 is 0 Å². The Balaban J connectivity index is 2.90. The number of carbonyl (C=O) groups excluding carboxylic acids is 1. The van der Waals surface area contributed by atoms with Gasteiger partial charge in [-0.05, 0) is 23.8 Å². The van der Waals surface area contributed by atoms with Gasteiger partial charge in [-0.3, -0.25) is 14.9 Å². The highest BCUT2D eigenvalue weighted by atomic mass is 16.6. The van der Waals surface area contributed by atoms with E-state index in [9.17, 15) is 14.9 Å². The van der Waals surface area contributed by atoms with Crippen molar-refractivity contribution in [2.24, 2.45) is 0 Å². The van der Waals surface area contributed by atoms with Crippen LogP contribution in [0.4, 0.5) is 5.69 Å². The molecule has 0 fully saturated rings. The van der Waals surface area contributed by atoms with Crippen molar-refractivity contribution in [2.45, 2.75) is 13.0 Å². The lowest BCUT2D eigenvalue weighted by Crippen LogP contribution is -2.05. The maximum absolute atomic E-state index is 10.8. The lowest BCUT2D eigenvalue weighted by molar-refractivity contribution is -0.384. The van der Waals surface area contributed by atoms with Crippen LogP contribution in [0.3, 0.4) is 0 Å². The molecule has 0 heterocycles. The summed E-state index contributed by atoms with van der Waals surface area (Å²) < 4.78 is 4.96. The highest BCUT2D eigenvalue weighted by Crippen LogP contribution is 2.21. The lowest BCUT2D eigenvalue weighted by Gasteiger charge is -2.12. The van der Waals surface area contributed by atoms with Crippen molar-refractivity contribution in [1.82, 2.24) is 0 Å². The normalized spacial score (nSPS) is 11.6. The first-order valence-corrected chi connectivity index (χ1v) is 4.58. The smallest absolute Gasteiger partial charge is 0.303 e. The second-order valence-electron chi connectivity index (χ2n) is 3.11. The van der Waals surface area contributed by atoms with Crippen LogP contribution in [0.5, 0.6) is 0 Å². The number of esters is 1. The highest BCUT2D eigenvalue weighted by molar-refractivity contribution is 5.66. The summed E-state index contributed by atoms with van der Waals surface area (Å²) in [5, 5.41) is 10.4. The van der Waals surface area contributed by atoms with E-state index in [0.29, 0.717) is 5.56 Å². The van der Waals surface area contributed by atoms with Crippen molar-refractivity contribution in [1.29, 1.82) is 0 Å². The van der Waals surface area contributed by atoms with Gasteiger partial charge in [0, 0.05) is 19.1 Å². The minimum absolute atomic E-state index is 0.00520. The molecule has 0 aliphatic carbocycles. The van der Waals surface area contributed by atoms with Crippen LogP contribution in [0, 0.1) is 10.1 Å². The number of nitro benzene ring substituents is 1. The minimum Gasteiger partial charge on any atom is -0.453 e. The number of rotatable bonds is 4. The Bertz CT molecular complexity index is 410. The molecule has 0 aliphatic rings. The van der Waals surface area contributed by atoms with Crippen molar-refractivity contribution in [2.75, 3.05) is 0 Å². The van der Waals surface area contributed by atoms with Crippen LogP contribution in [0.25, 0.3) is 0 Å². The van der Waals surface area contributed by atoms with Gasteiger partial charge in [0.15, 0.2) is 0 Å². The molecule has 0 unspecified atom stereocenters. The van der Waals surface area contributed by atoms with Gasteiger partial charge < -0.3 is 4.74 Å². The number of hydrogen-bond donors (Lipinski definition) is 0. The van der Waals surface area contributed by atoms with Crippen molar-refractivity contribution < 1.29 is 14.5 Å². The second-order valence-corrected chi connectivity index (χ2v) is 3.11. The van der Waals surface area contributed by atoms with Crippen LogP contribution >= 0.6 is 0 Å². The SMILES string of the molecule is C=C[C@@H](OC(C)=O)c1ccc([N+](=O)[O-])cc1. The first kappa shape index (κ1) is 11.9. The molecule has 0 saturated heterocycles. The molecule has 0 saturated carbocycles. The summed E-state index contributed by atoms with van der Waals surface area (Å²) in [4.78, 5) is 20.7. The molecule has 5 heteroatoms. The molecule has 0 aliphatic heterocycles. The maximum atomic E-state index is 10.8. The summed E-state index contributed by atoms with van der Waals surface area (Å²) in [6, 6.07) is 5.78. The zero-order valence-electron chi connectivity index (χ0n) is 8.75. The lowest BCUT2D eigenvalue weighted by atomic mass is 10.1. The average Bonchev–Trinajstić information content (AvgIpc) is 2.25. The van der Waals surface area contributed by atoms with Gasteiger partial charge in [-0.1, -0.05) is 6.58 Å². The van der Waals surface area contributed by atoms with Gasteiger partial charge in [-0.2, -0.15) is 0 Å². The van der Waals surface area contributed by atoms with E-state index < -0.39 is 17.0 Å². The Kier molecular flexibility index (Phi) is 3.77. The zero-order chi connectivity index (χ0) is 12.1. The molecule has 1 aromatic carbocycles. The Labute approximate surface area is 92.5 Å². The molecule has 0 aromatic heterocycles. The van der Waals surface area contributed by atoms with E-state index in [-0.39, 0.29) is 5.69 Å². The van der Waals surface area contributed by atoms with Gasteiger partial charge in [-0.15, -0.1) is 0 Å². The number of nitro groups is 1. The van der Waals surface area contributed by atoms with Crippen molar-refractivity contribution >= 4 is 11.7 Å². The summed E-state index contributed by atoms with van der Waals surface area (Å²) in [6.07, 6.45) is 0.890. The maximum Gasteiger partial charge on any atom is 0.303 e. The minimum atomic E-state index is -0.571. The molecule has 16 heavy (non-hydrogen) atoms. The third-order valence-corrected chi connectivity index (χ3v) is 1.94. The fourth-order valence-corrected chi connectivity index (χ4v) is 1.22. The summed E-state index contributed by atoms with van der Waals surface area (Å²) in [5.74, 6) is -0.428. The van der Waals surface area contributed by atoms with E-state index in [1.807, 2.05) is 0 Å². The standard InChI is InChI=1S/C11H11NO4/c1-3-11(16-8(2)13)9-4-6-10(7-5-9)12(14)15/h3-7,11H,1H2,2H3/t11-/m1/s1. The zero-order valence-corrected chi connectivity index (χ0v) is 8.75. The van der Waals surface area contributed by atoms with Gasteiger partial charge in [0.25, 0.3) is 5.69 Å². The number of hydrogen-bond acceptors (Lipinski definition) is 4. The number of carbonyl (C=O) groups is 1. The van der Waals surface area contributed by atoms with Crippen LogP contribution in [-0.4, -0.2) is 10.9 Å². The predicted octanol–water partition coefficient (Wildman–Crippen LogP) is 2.39. The average molecular weight is 221 g/mol. The Hall–Kier alpha value is -2.17. The third kappa shape index (κ3) is 2.91.